The molecule has 0 aliphatic carbocycles. The first-order chi connectivity index (χ1) is 9.20. The zero-order chi connectivity index (χ0) is 15.3. The van der Waals surface area contributed by atoms with Crippen molar-refractivity contribution in [1.29, 1.82) is 0 Å². The molecule has 0 aromatic carbocycles. The highest BCUT2D eigenvalue weighted by molar-refractivity contribution is 5.82. The fourth-order valence-electron chi connectivity index (χ4n) is 1.33. The quantitative estimate of drug-likeness (QED) is 0.773. The maximum Gasteiger partial charge on any atom is 0.433 e. The van der Waals surface area contributed by atoms with Crippen molar-refractivity contribution in [3.05, 3.63) is 18.0 Å². The van der Waals surface area contributed by atoms with Gasteiger partial charge in [-0.05, 0) is 12.0 Å². The number of carbonyl (C=O) groups excluding carboxylic acids is 1. The van der Waals surface area contributed by atoms with Crippen molar-refractivity contribution < 1.29 is 18.0 Å². The molecule has 4 N–H and O–H groups in total. The Morgan fingerprint density at radius 3 is 2.65 bits per heavy atom. The van der Waals surface area contributed by atoms with Gasteiger partial charge in [-0.3, -0.25) is 4.79 Å². The number of nitrogens with two attached hydrogens (primary N) is 1. The molecule has 1 heterocycles. The third-order valence-corrected chi connectivity index (χ3v) is 2.37. The first kappa shape index (κ1) is 16.1. The summed E-state index contributed by atoms with van der Waals surface area (Å²) in [6, 6.07) is 0.783. The van der Waals surface area contributed by atoms with E-state index >= 15 is 0 Å². The Kier molecular flexibility index (Phi) is 5.18. The van der Waals surface area contributed by atoms with Crippen LogP contribution in [0, 0.1) is 5.92 Å². The van der Waals surface area contributed by atoms with Gasteiger partial charge in [-0.1, -0.05) is 13.8 Å². The van der Waals surface area contributed by atoms with Crippen LogP contribution >= 0.6 is 0 Å². The summed E-state index contributed by atoms with van der Waals surface area (Å²) in [5, 5.41) is 5.21. The number of hydrogen-bond donors (Lipinski definition) is 3. The molecule has 5 nitrogen and oxygen atoms in total. The number of pyridine rings is 1. The lowest BCUT2D eigenvalue weighted by atomic mass is 10.2. The Labute approximate surface area is 114 Å². The lowest BCUT2D eigenvalue weighted by molar-refractivity contribution is -0.141. The second-order valence-corrected chi connectivity index (χ2v) is 4.71. The zero-order valence-electron chi connectivity index (χ0n) is 11.2. The highest BCUT2D eigenvalue weighted by Gasteiger charge is 2.32. The fraction of sp³-hybridized carbons (Fsp3) is 0.500. The van der Waals surface area contributed by atoms with Crippen molar-refractivity contribution >= 4 is 17.3 Å². The van der Waals surface area contributed by atoms with Crippen LogP contribution in [-0.2, 0) is 11.0 Å². The molecule has 0 saturated heterocycles. The minimum Gasteiger partial charge on any atom is -0.396 e. The third kappa shape index (κ3) is 4.94. The second kappa shape index (κ2) is 6.44. The van der Waals surface area contributed by atoms with E-state index < -0.39 is 11.9 Å². The standard InChI is InChI=1S/C12H17F3N4O/c1-7(2)4-19-11(20)6-17-9-3-10(12(13,14)15)18-5-8(9)16/h3,5,7H,4,6,16H2,1-2H3,(H,17,18)(H,19,20). The van der Waals surface area contributed by atoms with Crippen LogP contribution in [0.15, 0.2) is 12.3 Å². The minimum absolute atomic E-state index is 0.0343. The van der Waals surface area contributed by atoms with Gasteiger partial charge in [0.05, 0.1) is 24.1 Å². The lowest BCUT2D eigenvalue weighted by Crippen LogP contribution is -2.32. The third-order valence-electron chi connectivity index (χ3n) is 2.37. The summed E-state index contributed by atoms with van der Waals surface area (Å²) >= 11 is 0. The number of alkyl halides is 3. The van der Waals surface area contributed by atoms with Gasteiger partial charge in [-0.15, -0.1) is 0 Å². The molecule has 0 saturated carbocycles. The molecule has 8 heteroatoms. The maximum atomic E-state index is 12.5. The van der Waals surface area contributed by atoms with Gasteiger partial charge >= 0.3 is 6.18 Å². The topological polar surface area (TPSA) is 80.0 Å². The van der Waals surface area contributed by atoms with Crippen LogP contribution in [-0.4, -0.2) is 24.0 Å². The van der Waals surface area contributed by atoms with E-state index in [2.05, 4.69) is 15.6 Å². The van der Waals surface area contributed by atoms with Gasteiger partial charge < -0.3 is 16.4 Å². The molecule has 112 valence electrons. The number of anilines is 2. The van der Waals surface area contributed by atoms with Gasteiger partial charge in [-0.25, -0.2) is 4.98 Å². The van der Waals surface area contributed by atoms with Crippen molar-refractivity contribution in [2.24, 2.45) is 5.92 Å². The van der Waals surface area contributed by atoms with Crippen LogP contribution < -0.4 is 16.4 Å². The molecule has 0 fully saturated rings. The summed E-state index contributed by atoms with van der Waals surface area (Å²) in [4.78, 5) is 14.7. The van der Waals surface area contributed by atoms with Gasteiger partial charge in [0.2, 0.25) is 5.91 Å². The van der Waals surface area contributed by atoms with E-state index in [0.717, 1.165) is 12.3 Å². The monoisotopic (exact) mass is 290 g/mol. The summed E-state index contributed by atoms with van der Waals surface area (Å²) in [5.74, 6) is -0.0229. The number of carbonyl (C=O) groups is 1. The van der Waals surface area contributed by atoms with Crippen molar-refractivity contribution in [1.82, 2.24) is 10.3 Å². The average Bonchev–Trinajstić information content (AvgIpc) is 2.33. The van der Waals surface area contributed by atoms with Crippen molar-refractivity contribution in [3.63, 3.8) is 0 Å². The lowest BCUT2D eigenvalue weighted by Gasteiger charge is -2.13. The van der Waals surface area contributed by atoms with Gasteiger partial charge in [-0.2, -0.15) is 13.2 Å². The van der Waals surface area contributed by atoms with Crippen LogP contribution in [0.25, 0.3) is 0 Å². The smallest absolute Gasteiger partial charge is 0.396 e. The van der Waals surface area contributed by atoms with E-state index in [0.29, 0.717) is 12.5 Å². The Morgan fingerprint density at radius 1 is 1.45 bits per heavy atom. The summed E-state index contributed by atoms with van der Waals surface area (Å²) < 4.78 is 37.5. The molecule has 1 aromatic rings. The van der Waals surface area contributed by atoms with E-state index in [-0.39, 0.29) is 23.8 Å². The fourth-order valence-corrected chi connectivity index (χ4v) is 1.33. The first-order valence-corrected chi connectivity index (χ1v) is 6.03. The van der Waals surface area contributed by atoms with E-state index in [9.17, 15) is 18.0 Å². The number of halogens is 3. The van der Waals surface area contributed by atoms with Gasteiger partial charge in [0.1, 0.15) is 5.69 Å². The number of nitrogens with zero attached hydrogens (tertiary/aromatic N) is 1. The molecule has 1 aromatic heterocycles. The zero-order valence-corrected chi connectivity index (χ0v) is 11.2. The summed E-state index contributed by atoms with van der Waals surface area (Å²) in [7, 11) is 0. The summed E-state index contributed by atoms with van der Waals surface area (Å²) in [5.41, 5.74) is 4.54. The molecule has 0 aliphatic heterocycles. The number of rotatable bonds is 5. The predicted molar refractivity (Wildman–Crippen MR) is 70.0 cm³/mol. The normalized spacial score (nSPS) is 11.5. The molecule has 20 heavy (non-hydrogen) atoms. The van der Waals surface area contributed by atoms with Crippen LogP contribution in [0.2, 0.25) is 0 Å². The van der Waals surface area contributed by atoms with E-state index in [1.165, 1.54) is 0 Å². The maximum absolute atomic E-state index is 12.5. The molecular weight excluding hydrogens is 273 g/mol. The highest BCUT2D eigenvalue weighted by atomic mass is 19.4. The SMILES string of the molecule is CC(C)CNC(=O)CNc1cc(C(F)(F)F)ncc1N. The molecule has 0 atom stereocenters. The minimum atomic E-state index is -4.55. The molecule has 1 amide bonds. The van der Waals surface area contributed by atoms with Gasteiger partial charge in [0, 0.05) is 6.54 Å². The Morgan fingerprint density at radius 2 is 2.10 bits per heavy atom. The Hall–Kier alpha value is -1.99. The molecule has 0 bridgehead atoms. The van der Waals surface area contributed by atoms with Crippen LogP contribution in [0.1, 0.15) is 19.5 Å². The Balaban J connectivity index is 2.66. The van der Waals surface area contributed by atoms with E-state index in [4.69, 9.17) is 5.73 Å². The van der Waals surface area contributed by atoms with Crippen LogP contribution in [0.4, 0.5) is 24.5 Å². The molecule has 0 spiro atoms. The van der Waals surface area contributed by atoms with E-state index in [1.807, 2.05) is 13.8 Å². The van der Waals surface area contributed by atoms with Crippen molar-refractivity contribution in [2.45, 2.75) is 20.0 Å². The number of aromatic nitrogens is 1. The number of amides is 1. The number of nitrogens with one attached hydrogen (secondary N) is 2. The molecule has 0 unspecified atom stereocenters. The van der Waals surface area contributed by atoms with Crippen LogP contribution in [0.3, 0.4) is 0 Å². The van der Waals surface area contributed by atoms with Crippen molar-refractivity contribution in [2.75, 3.05) is 24.1 Å². The number of nitrogen functional groups attached to an aromatic ring is 1. The second-order valence-electron chi connectivity index (χ2n) is 4.71. The van der Waals surface area contributed by atoms with Gasteiger partial charge in [0.25, 0.3) is 0 Å². The average molecular weight is 290 g/mol. The first-order valence-electron chi connectivity index (χ1n) is 6.03. The Bertz CT molecular complexity index is 474. The van der Waals surface area contributed by atoms with Crippen LogP contribution in [0.5, 0.6) is 0 Å². The molecule has 1 rings (SSSR count). The predicted octanol–water partition coefficient (Wildman–Crippen LogP) is 1.87. The van der Waals surface area contributed by atoms with E-state index in [1.54, 1.807) is 0 Å². The summed E-state index contributed by atoms with van der Waals surface area (Å²) in [6.45, 7) is 4.21. The van der Waals surface area contributed by atoms with Crippen molar-refractivity contribution in [3.8, 4) is 0 Å². The molecular formula is C12H17F3N4O. The summed E-state index contributed by atoms with van der Waals surface area (Å²) in [6.07, 6.45) is -3.64. The highest BCUT2D eigenvalue weighted by Crippen LogP contribution is 2.30. The number of hydrogen-bond acceptors (Lipinski definition) is 4. The van der Waals surface area contributed by atoms with Gasteiger partial charge in [0.15, 0.2) is 0 Å². The largest absolute Gasteiger partial charge is 0.433 e. The molecule has 0 aliphatic rings. The molecule has 0 radical (unpaired) electrons.